The van der Waals surface area contributed by atoms with Crippen LogP contribution in [0.15, 0.2) is 42.5 Å². The number of nitrogens with zero attached hydrogens (tertiary/aromatic N) is 2. The summed E-state index contributed by atoms with van der Waals surface area (Å²) < 4.78 is 0. The first-order valence-corrected chi connectivity index (χ1v) is 6.98. The second kappa shape index (κ2) is 5.54. The van der Waals surface area contributed by atoms with Gasteiger partial charge in [-0.2, -0.15) is 0 Å². The molecule has 0 atom stereocenters. The Morgan fingerprint density at radius 3 is 2.71 bits per heavy atom. The highest BCUT2D eigenvalue weighted by Crippen LogP contribution is 2.35. The zero-order chi connectivity index (χ0) is 14.8. The first-order valence-electron chi connectivity index (χ1n) is 6.98. The van der Waals surface area contributed by atoms with Crippen LogP contribution < -0.4 is 10.2 Å². The van der Waals surface area contributed by atoms with E-state index in [-0.39, 0.29) is 10.6 Å². The van der Waals surface area contributed by atoms with Crippen molar-refractivity contribution in [3.05, 3.63) is 63.7 Å². The molecule has 1 aliphatic heterocycles. The summed E-state index contributed by atoms with van der Waals surface area (Å²) in [7, 11) is 0. The average molecular weight is 283 g/mol. The molecule has 2 aromatic carbocycles. The monoisotopic (exact) mass is 283 g/mol. The second-order valence-electron chi connectivity index (χ2n) is 5.14. The number of rotatable bonds is 2. The van der Waals surface area contributed by atoms with Gasteiger partial charge in [0.15, 0.2) is 0 Å². The summed E-state index contributed by atoms with van der Waals surface area (Å²) in [5.74, 6) is 0. The third kappa shape index (κ3) is 2.48. The molecule has 0 spiro atoms. The predicted molar refractivity (Wildman–Crippen MR) is 83.0 cm³/mol. The smallest absolute Gasteiger partial charge is 0.274 e. The number of para-hydroxylation sites is 1. The molecule has 0 saturated heterocycles. The summed E-state index contributed by atoms with van der Waals surface area (Å²) in [6, 6.07) is 13.4. The van der Waals surface area contributed by atoms with E-state index in [9.17, 15) is 10.1 Å². The van der Waals surface area contributed by atoms with Gasteiger partial charge in [-0.05, 0) is 24.6 Å². The maximum atomic E-state index is 11.1. The van der Waals surface area contributed by atoms with E-state index in [1.54, 1.807) is 12.1 Å². The quantitative estimate of drug-likeness (QED) is 0.679. The van der Waals surface area contributed by atoms with E-state index in [1.807, 2.05) is 25.1 Å². The molecule has 5 heteroatoms. The molecule has 3 rings (SSSR count). The van der Waals surface area contributed by atoms with Gasteiger partial charge < -0.3 is 10.2 Å². The van der Waals surface area contributed by atoms with Gasteiger partial charge in [-0.1, -0.05) is 24.3 Å². The van der Waals surface area contributed by atoms with E-state index in [0.29, 0.717) is 5.56 Å². The fourth-order valence-electron chi connectivity index (χ4n) is 2.81. The molecule has 0 aromatic heterocycles. The molecule has 0 unspecified atom stereocenters. The fraction of sp³-hybridized carbons (Fsp3) is 0.250. The number of fused-ring (bicyclic) bond motifs is 1. The van der Waals surface area contributed by atoms with E-state index in [2.05, 4.69) is 22.3 Å². The van der Waals surface area contributed by atoms with Crippen molar-refractivity contribution in [2.45, 2.75) is 13.5 Å². The Balaban J connectivity index is 2.12. The van der Waals surface area contributed by atoms with Gasteiger partial charge in [0.2, 0.25) is 0 Å². The van der Waals surface area contributed by atoms with E-state index in [1.165, 1.54) is 5.56 Å². The van der Waals surface area contributed by atoms with Crippen molar-refractivity contribution in [3.8, 4) is 0 Å². The van der Waals surface area contributed by atoms with Crippen LogP contribution in [0.5, 0.6) is 0 Å². The highest BCUT2D eigenvalue weighted by molar-refractivity contribution is 5.72. The Labute approximate surface area is 123 Å². The Bertz CT molecular complexity index is 685. The van der Waals surface area contributed by atoms with Crippen molar-refractivity contribution in [2.24, 2.45) is 0 Å². The molecule has 21 heavy (non-hydrogen) atoms. The molecule has 1 heterocycles. The van der Waals surface area contributed by atoms with Gasteiger partial charge in [-0.25, -0.2) is 0 Å². The molecule has 0 bridgehead atoms. The van der Waals surface area contributed by atoms with E-state index >= 15 is 0 Å². The van der Waals surface area contributed by atoms with Crippen molar-refractivity contribution < 1.29 is 4.92 Å². The van der Waals surface area contributed by atoms with Crippen molar-refractivity contribution in [1.29, 1.82) is 0 Å². The van der Waals surface area contributed by atoms with Gasteiger partial charge in [-0.3, -0.25) is 10.1 Å². The molecule has 0 radical (unpaired) electrons. The van der Waals surface area contributed by atoms with Crippen LogP contribution in [-0.4, -0.2) is 18.0 Å². The summed E-state index contributed by atoms with van der Waals surface area (Å²) in [6.45, 7) is 4.27. The molecule has 2 aromatic rings. The molecule has 0 aliphatic carbocycles. The summed E-state index contributed by atoms with van der Waals surface area (Å²) in [5, 5.41) is 14.5. The van der Waals surface area contributed by atoms with Crippen LogP contribution in [0.4, 0.5) is 17.1 Å². The van der Waals surface area contributed by atoms with Crippen LogP contribution in [0, 0.1) is 17.0 Å². The van der Waals surface area contributed by atoms with Crippen molar-refractivity contribution >= 4 is 17.1 Å². The van der Waals surface area contributed by atoms with Gasteiger partial charge >= 0.3 is 0 Å². The van der Waals surface area contributed by atoms with Crippen molar-refractivity contribution in [1.82, 2.24) is 5.32 Å². The number of nitrogens with one attached hydrogen (secondary N) is 1. The van der Waals surface area contributed by atoms with Crippen LogP contribution in [0.1, 0.15) is 11.1 Å². The average Bonchev–Trinajstić information content (AvgIpc) is 2.69. The first-order chi connectivity index (χ1) is 10.2. The molecule has 108 valence electrons. The number of hydrogen-bond donors (Lipinski definition) is 1. The Hall–Kier alpha value is -2.40. The van der Waals surface area contributed by atoms with Gasteiger partial charge in [0.1, 0.15) is 0 Å². The zero-order valence-electron chi connectivity index (χ0n) is 11.9. The number of nitro groups is 1. The lowest BCUT2D eigenvalue weighted by molar-refractivity contribution is -0.385. The topological polar surface area (TPSA) is 58.4 Å². The Morgan fingerprint density at radius 2 is 1.90 bits per heavy atom. The Kier molecular flexibility index (Phi) is 3.58. The molecule has 1 aliphatic rings. The Morgan fingerprint density at radius 1 is 1.14 bits per heavy atom. The second-order valence-corrected chi connectivity index (χ2v) is 5.14. The molecular weight excluding hydrogens is 266 g/mol. The number of benzene rings is 2. The SMILES string of the molecule is Cc1c(N2CCNCc3ccccc32)cccc1[N+](=O)[O-]. The molecule has 5 nitrogen and oxygen atoms in total. The van der Waals surface area contributed by atoms with Crippen LogP contribution in [0.2, 0.25) is 0 Å². The summed E-state index contributed by atoms with van der Waals surface area (Å²) in [4.78, 5) is 13.0. The summed E-state index contributed by atoms with van der Waals surface area (Å²) in [5.41, 5.74) is 4.11. The van der Waals surface area contributed by atoms with Crippen LogP contribution in [-0.2, 0) is 6.54 Å². The maximum absolute atomic E-state index is 11.1. The fourth-order valence-corrected chi connectivity index (χ4v) is 2.81. The number of anilines is 2. The molecule has 0 saturated carbocycles. The predicted octanol–water partition coefficient (Wildman–Crippen LogP) is 3.14. The molecule has 0 amide bonds. The minimum Gasteiger partial charge on any atom is -0.340 e. The summed E-state index contributed by atoms with van der Waals surface area (Å²) >= 11 is 0. The molecule has 1 N–H and O–H groups in total. The maximum Gasteiger partial charge on any atom is 0.274 e. The van der Waals surface area contributed by atoms with Crippen molar-refractivity contribution in [2.75, 3.05) is 18.0 Å². The van der Waals surface area contributed by atoms with Gasteiger partial charge in [0.05, 0.1) is 16.2 Å². The minimum atomic E-state index is -0.319. The zero-order valence-corrected chi connectivity index (χ0v) is 11.9. The van der Waals surface area contributed by atoms with Crippen LogP contribution in [0.3, 0.4) is 0 Å². The number of hydrogen-bond acceptors (Lipinski definition) is 4. The van der Waals surface area contributed by atoms with Crippen LogP contribution in [0.25, 0.3) is 0 Å². The lowest BCUT2D eigenvalue weighted by atomic mass is 10.1. The van der Waals surface area contributed by atoms with Crippen LogP contribution >= 0.6 is 0 Å². The highest BCUT2D eigenvalue weighted by Gasteiger charge is 2.21. The molecular formula is C16H17N3O2. The number of nitro benzene ring substituents is 1. The lowest BCUT2D eigenvalue weighted by Gasteiger charge is -2.26. The third-order valence-electron chi connectivity index (χ3n) is 3.87. The largest absolute Gasteiger partial charge is 0.340 e. The van der Waals surface area contributed by atoms with E-state index in [4.69, 9.17) is 0 Å². The van der Waals surface area contributed by atoms with Gasteiger partial charge in [0.25, 0.3) is 5.69 Å². The first kappa shape index (κ1) is 13.6. The standard InChI is InChI=1S/C16H17N3O2/c1-12-14(7-4-8-15(12)19(20)21)18-10-9-17-11-13-5-2-3-6-16(13)18/h2-8,17H,9-11H2,1H3. The third-order valence-corrected chi connectivity index (χ3v) is 3.87. The summed E-state index contributed by atoms with van der Waals surface area (Å²) in [6.07, 6.45) is 0. The highest BCUT2D eigenvalue weighted by atomic mass is 16.6. The van der Waals surface area contributed by atoms with Gasteiger partial charge in [0, 0.05) is 31.4 Å². The molecule has 0 fully saturated rings. The lowest BCUT2D eigenvalue weighted by Crippen LogP contribution is -2.25. The van der Waals surface area contributed by atoms with Gasteiger partial charge in [-0.15, -0.1) is 0 Å². The van der Waals surface area contributed by atoms with E-state index < -0.39 is 0 Å². The van der Waals surface area contributed by atoms with E-state index in [0.717, 1.165) is 31.0 Å². The normalized spacial score (nSPS) is 14.4. The van der Waals surface area contributed by atoms with Crippen molar-refractivity contribution in [3.63, 3.8) is 0 Å². The minimum absolute atomic E-state index is 0.169.